The summed E-state index contributed by atoms with van der Waals surface area (Å²) in [6, 6.07) is 5.71. The Morgan fingerprint density at radius 1 is 1.59 bits per heavy atom. The van der Waals surface area contributed by atoms with Crippen LogP contribution in [-0.2, 0) is 9.53 Å². The van der Waals surface area contributed by atoms with Crippen molar-refractivity contribution in [1.29, 1.82) is 0 Å². The number of carbonyl (C=O) groups is 1. The van der Waals surface area contributed by atoms with Crippen molar-refractivity contribution < 1.29 is 19.0 Å². The van der Waals surface area contributed by atoms with E-state index in [0.717, 1.165) is 0 Å². The van der Waals surface area contributed by atoms with Crippen molar-refractivity contribution in [3.8, 4) is 0 Å². The maximum Gasteiger partial charge on any atom is 0.329 e. The first-order valence-electron chi connectivity index (χ1n) is 5.24. The summed E-state index contributed by atoms with van der Waals surface area (Å²) in [7, 11) is 1.50. The number of hydrogen-bond donors (Lipinski definition) is 2. The van der Waals surface area contributed by atoms with Gasteiger partial charge in [0.1, 0.15) is 11.4 Å². The molecule has 0 aromatic heterocycles. The first kappa shape index (κ1) is 13.4. The number of aliphatic carboxylic acids is 1. The minimum absolute atomic E-state index is 0.287. The fraction of sp³-hybridized carbons (Fsp3) is 0.417. The zero-order valence-electron chi connectivity index (χ0n) is 9.87. The summed E-state index contributed by atoms with van der Waals surface area (Å²) in [5.74, 6) is -1.41. The van der Waals surface area contributed by atoms with Crippen LogP contribution in [0, 0.1) is 5.82 Å². The van der Waals surface area contributed by atoms with Gasteiger partial charge in [-0.25, -0.2) is 9.18 Å². The highest BCUT2D eigenvalue weighted by atomic mass is 19.1. The third kappa shape index (κ3) is 3.71. The molecule has 1 aromatic rings. The van der Waals surface area contributed by atoms with E-state index in [1.165, 1.54) is 25.3 Å². The Labute approximate surface area is 99.4 Å². The Balaban J connectivity index is 2.83. The SMILES string of the molecule is COCCC(C)(Nc1cccc(F)c1)C(=O)O. The van der Waals surface area contributed by atoms with E-state index in [1.807, 2.05) is 0 Å². The molecule has 5 heteroatoms. The Morgan fingerprint density at radius 2 is 2.29 bits per heavy atom. The van der Waals surface area contributed by atoms with Crippen molar-refractivity contribution in [2.75, 3.05) is 19.0 Å². The molecule has 0 amide bonds. The first-order valence-corrected chi connectivity index (χ1v) is 5.24. The number of rotatable bonds is 6. The van der Waals surface area contributed by atoms with E-state index >= 15 is 0 Å². The van der Waals surface area contributed by atoms with Crippen LogP contribution in [0.3, 0.4) is 0 Å². The zero-order chi connectivity index (χ0) is 12.9. The number of carboxylic acid groups (broad SMARTS) is 1. The molecule has 0 bridgehead atoms. The van der Waals surface area contributed by atoms with Crippen LogP contribution in [0.2, 0.25) is 0 Å². The summed E-state index contributed by atoms with van der Waals surface area (Å²) in [5, 5.41) is 12.0. The molecule has 2 N–H and O–H groups in total. The summed E-state index contributed by atoms with van der Waals surface area (Å²) in [6.45, 7) is 1.85. The molecular formula is C12H16FNO3. The summed E-state index contributed by atoms with van der Waals surface area (Å²) in [4.78, 5) is 11.2. The van der Waals surface area contributed by atoms with Gasteiger partial charge in [0, 0.05) is 25.8 Å². The molecule has 0 aliphatic heterocycles. The second-order valence-corrected chi connectivity index (χ2v) is 4.02. The van der Waals surface area contributed by atoms with Crippen LogP contribution in [-0.4, -0.2) is 30.3 Å². The lowest BCUT2D eigenvalue weighted by atomic mass is 9.98. The number of halogens is 1. The number of anilines is 1. The number of benzene rings is 1. The van der Waals surface area contributed by atoms with Crippen molar-refractivity contribution in [3.63, 3.8) is 0 Å². The fourth-order valence-corrected chi connectivity index (χ4v) is 1.41. The molecule has 0 saturated carbocycles. The second kappa shape index (κ2) is 5.63. The molecule has 0 aliphatic carbocycles. The predicted octanol–water partition coefficient (Wildman–Crippen LogP) is 2.12. The molecule has 0 fully saturated rings. The lowest BCUT2D eigenvalue weighted by molar-refractivity contribution is -0.142. The molecule has 94 valence electrons. The molecule has 4 nitrogen and oxygen atoms in total. The Morgan fingerprint density at radius 3 is 2.82 bits per heavy atom. The highest BCUT2D eigenvalue weighted by molar-refractivity contribution is 5.82. The summed E-state index contributed by atoms with van der Waals surface area (Å²) >= 11 is 0. The van der Waals surface area contributed by atoms with Gasteiger partial charge in [0.05, 0.1) is 0 Å². The number of hydrogen-bond acceptors (Lipinski definition) is 3. The van der Waals surface area contributed by atoms with Gasteiger partial charge in [-0.05, 0) is 25.1 Å². The van der Waals surface area contributed by atoms with Gasteiger partial charge in [-0.2, -0.15) is 0 Å². The number of carboxylic acids is 1. The quantitative estimate of drug-likeness (QED) is 0.801. The number of ether oxygens (including phenoxy) is 1. The van der Waals surface area contributed by atoms with Crippen molar-refractivity contribution in [2.24, 2.45) is 0 Å². The Kier molecular flexibility index (Phi) is 4.45. The molecular weight excluding hydrogens is 225 g/mol. The van der Waals surface area contributed by atoms with Crippen LogP contribution in [0.4, 0.5) is 10.1 Å². The standard InChI is InChI=1S/C12H16FNO3/c1-12(11(15)16,6-7-17-2)14-10-5-3-4-9(13)8-10/h3-5,8,14H,6-7H2,1-2H3,(H,15,16). The average molecular weight is 241 g/mol. The van der Waals surface area contributed by atoms with E-state index in [1.54, 1.807) is 13.0 Å². The van der Waals surface area contributed by atoms with E-state index < -0.39 is 17.3 Å². The van der Waals surface area contributed by atoms with Crippen LogP contribution < -0.4 is 5.32 Å². The maximum absolute atomic E-state index is 13.0. The first-order chi connectivity index (χ1) is 7.98. The number of nitrogens with one attached hydrogen (secondary N) is 1. The van der Waals surface area contributed by atoms with Crippen LogP contribution in [0.15, 0.2) is 24.3 Å². The third-order valence-electron chi connectivity index (χ3n) is 2.52. The van der Waals surface area contributed by atoms with Crippen LogP contribution in [0.1, 0.15) is 13.3 Å². The van der Waals surface area contributed by atoms with E-state index in [9.17, 15) is 14.3 Å². The molecule has 0 heterocycles. The zero-order valence-corrected chi connectivity index (χ0v) is 9.87. The van der Waals surface area contributed by atoms with Crippen molar-refractivity contribution in [2.45, 2.75) is 18.9 Å². The minimum atomic E-state index is -1.18. The smallest absolute Gasteiger partial charge is 0.329 e. The van der Waals surface area contributed by atoms with Crippen LogP contribution in [0.25, 0.3) is 0 Å². The Bertz CT molecular complexity index is 397. The fourth-order valence-electron chi connectivity index (χ4n) is 1.41. The minimum Gasteiger partial charge on any atom is -0.480 e. The summed E-state index contributed by atoms with van der Waals surface area (Å²) in [5.41, 5.74) is -0.741. The topological polar surface area (TPSA) is 58.6 Å². The summed E-state index contributed by atoms with van der Waals surface area (Å²) < 4.78 is 17.9. The lowest BCUT2D eigenvalue weighted by Gasteiger charge is -2.27. The Hall–Kier alpha value is -1.62. The normalized spacial score (nSPS) is 14.1. The lowest BCUT2D eigenvalue weighted by Crippen LogP contribution is -2.44. The molecule has 0 spiro atoms. The van der Waals surface area contributed by atoms with Crippen LogP contribution >= 0.6 is 0 Å². The number of methoxy groups -OCH3 is 1. The third-order valence-corrected chi connectivity index (χ3v) is 2.52. The van der Waals surface area contributed by atoms with Gasteiger partial charge < -0.3 is 15.2 Å². The molecule has 0 aliphatic rings. The van der Waals surface area contributed by atoms with E-state index in [2.05, 4.69) is 5.32 Å². The van der Waals surface area contributed by atoms with Gasteiger partial charge >= 0.3 is 5.97 Å². The van der Waals surface area contributed by atoms with Gasteiger partial charge in [-0.1, -0.05) is 6.07 Å². The maximum atomic E-state index is 13.0. The van der Waals surface area contributed by atoms with Gasteiger partial charge in [0.25, 0.3) is 0 Å². The van der Waals surface area contributed by atoms with Crippen molar-refractivity contribution >= 4 is 11.7 Å². The highest BCUT2D eigenvalue weighted by Gasteiger charge is 2.32. The second-order valence-electron chi connectivity index (χ2n) is 4.02. The molecule has 1 aromatic carbocycles. The highest BCUT2D eigenvalue weighted by Crippen LogP contribution is 2.19. The van der Waals surface area contributed by atoms with Crippen molar-refractivity contribution in [3.05, 3.63) is 30.1 Å². The van der Waals surface area contributed by atoms with Crippen molar-refractivity contribution in [1.82, 2.24) is 0 Å². The van der Waals surface area contributed by atoms with E-state index in [-0.39, 0.29) is 6.42 Å². The predicted molar refractivity (Wildman–Crippen MR) is 62.6 cm³/mol. The van der Waals surface area contributed by atoms with Gasteiger partial charge in [0.15, 0.2) is 0 Å². The molecule has 1 unspecified atom stereocenters. The monoisotopic (exact) mass is 241 g/mol. The van der Waals surface area contributed by atoms with Gasteiger partial charge in [0.2, 0.25) is 0 Å². The molecule has 17 heavy (non-hydrogen) atoms. The van der Waals surface area contributed by atoms with E-state index in [0.29, 0.717) is 12.3 Å². The molecule has 0 saturated heterocycles. The molecule has 1 atom stereocenters. The van der Waals surface area contributed by atoms with Crippen LogP contribution in [0.5, 0.6) is 0 Å². The molecule has 0 radical (unpaired) electrons. The largest absolute Gasteiger partial charge is 0.480 e. The van der Waals surface area contributed by atoms with Gasteiger partial charge in [-0.15, -0.1) is 0 Å². The van der Waals surface area contributed by atoms with Gasteiger partial charge in [-0.3, -0.25) is 0 Å². The summed E-state index contributed by atoms with van der Waals surface area (Å²) in [6.07, 6.45) is 0.287. The van der Waals surface area contributed by atoms with E-state index in [4.69, 9.17) is 4.74 Å². The average Bonchev–Trinajstić information content (AvgIpc) is 2.26. The molecule has 1 rings (SSSR count).